The molecule has 1 amide bonds. The first kappa shape index (κ1) is 26.8. The van der Waals surface area contributed by atoms with Gasteiger partial charge in [-0.15, -0.1) is 0 Å². The Morgan fingerprint density at radius 2 is 1.78 bits per heavy atom. The van der Waals surface area contributed by atoms with Crippen LogP contribution in [-0.2, 0) is 13.0 Å². The molecule has 0 radical (unpaired) electrons. The predicted molar refractivity (Wildman–Crippen MR) is 142 cm³/mol. The van der Waals surface area contributed by atoms with Crippen molar-refractivity contribution in [3.63, 3.8) is 0 Å². The topological polar surface area (TPSA) is 133 Å². The number of benzene rings is 3. The highest BCUT2D eigenvalue weighted by molar-refractivity contribution is 5.94. The van der Waals surface area contributed by atoms with Gasteiger partial charge in [0.2, 0.25) is 0 Å². The molecule has 0 aliphatic carbocycles. The average molecular weight is 490 g/mol. The quantitative estimate of drug-likeness (QED) is 0.177. The zero-order chi connectivity index (χ0) is 26.0. The van der Waals surface area contributed by atoms with Crippen LogP contribution in [0.3, 0.4) is 0 Å². The number of amides is 1. The van der Waals surface area contributed by atoms with E-state index >= 15 is 0 Å². The van der Waals surface area contributed by atoms with Crippen LogP contribution >= 0.6 is 0 Å². The summed E-state index contributed by atoms with van der Waals surface area (Å²) in [7, 11) is 0. The number of aryl methyl sites for hydroxylation is 1. The Morgan fingerprint density at radius 1 is 1.06 bits per heavy atom. The van der Waals surface area contributed by atoms with Crippen molar-refractivity contribution < 1.29 is 14.6 Å². The third-order valence-electron chi connectivity index (χ3n) is 5.94. The zero-order valence-corrected chi connectivity index (χ0v) is 20.8. The third-order valence-corrected chi connectivity index (χ3v) is 5.94. The van der Waals surface area contributed by atoms with Crippen LogP contribution in [0.15, 0.2) is 77.9 Å². The first-order valence-corrected chi connectivity index (χ1v) is 12.0. The minimum absolute atomic E-state index is 0.0584. The number of ether oxygens (including phenoxy) is 1. The van der Waals surface area contributed by atoms with Gasteiger partial charge in [0.05, 0.1) is 5.69 Å². The van der Waals surface area contributed by atoms with E-state index in [-0.39, 0.29) is 23.7 Å². The molecule has 0 spiro atoms. The number of hydrogen-bond acceptors (Lipinski definition) is 7. The number of carbonyl (C=O) groups excluding carboxylic acids is 1. The number of nitrogens with two attached hydrogens (primary N) is 1. The standard InChI is InChI=1S/C28H35N5O3/c1-28(2,32-18-23(34)19-36-25-10-6-9-24(29)26(25)33-30)16-15-20-11-13-22(14-12-20)27(35)31-17-21-7-4-3-5-8-21/h3-14,23,30,32,34H,15-19,29H2,1-2H3,(H,31,35)/t23-/m0/s1. The van der Waals surface area contributed by atoms with Gasteiger partial charge in [0, 0.05) is 24.2 Å². The van der Waals surface area contributed by atoms with Gasteiger partial charge < -0.3 is 26.2 Å². The van der Waals surface area contributed by atoms with Crippen LogP contribution in [-0.4, -0.2) is 35.8 Å². The molecule has 6 N–H and O–H groups in total. The summed E-state index contributed by atoms with van der Waals surface area (Å²) < 4.78 is 5.62. The fourth-order valence-corrected chi connectivity index (χ4v) is 3.66. The summed E-state index contributed by atoms with van der Waals surface area (Å²) in [6.45, 7) is 5.08. The van der Waals surface area contributed by atoms with E-state index in [1.807, 2.05) is 54.6 Å². The van der Waals surface area contributed by atoms with Gasteiger partial charge in [0.15, 0.2) is 0 Å². The Bertz CT molecular complexity index is 1130. The largest absolute Gasteiger partial charge is 0.488 e. The summed E-state index contributed by atoms with van der Waals surface area (Å²) in [6, 6.07) is 22.5. The lowest BCUT2D eigenvalue weighted by atomic mass is 9.94. The fraction of sp³-hybridized carbons (Fsp3) is 0.321. The van der Waals surface area contributed by atoms with Crippen LogP contribution in [0.25, 0.3) is 0 Å². The molecular weight excluding hydrogens is 454 g/mol. The SMILES string of the molecule is CC(C)(CCc1ccc(C(=O)NCc2ccccc2)cc1)NC[C@H](O)COc1cccc(N)c1N=N. The highest BCUT2D eigenvalue weighted by atomic mass is 16.5. The van der Waals surface area contributed by atoms with Gasteiger partial charge in [-0.2, -0.15) is 5.11 Å². The molecular formula is C28H35N5O3. The van der Waals surface area contributed by atoms with Crippen molar-refractivity contribution in [1.82, 2.24) is 10.6 Å². The smallest absolute Gasteiger partial charge is 0.251 e. The predicted octanol–water partition coefficient (Wildman–Crippen LogP) is 4.60. The van der Waals surface area contributed by atoms with E-state index in [0.717, 1.165) is 24.0 Å². The molecule has 0 aliphatic heterocycles. The molecule has 0 saturated heterocycles. The molecule has 0 aliphatic rings. The molecule has 190 valence electrons. The number of carbonyl (C=O) groups is 1. The minimum Gasteiger partial charge on any atom is -0.488 e. The van der Waals surface area contributed by atoms with E-state index in [4.69, 9.17) is 16.0 Å². The molecule has 3 aromatic rings. The molecule has 0 saturated carbocycles. The molecule has 0 heterocycles. The van der Waals surface area contributed by atoms with Crippen LogP contribution in [0.4, 0.5) is 11.4 Å². The number of hydrogen-bond donors (Lipinski definition) is 5. The van der Waals surface area contributed by atoms with Crippen molar-refractivity contribution in [2.45, 2.75) is 44.9 Å². The Balaban J connectivity index is 1.41. The molecule has 1 atom stereocenters. The third kappa shape index (κ3) is 8.18. The van der Waals surface area contributed by atoms with Gasteiger partial charge in [0.1, 0.15) is 24.1 Å². The first-order valence-electron chi connectivity index (χ1n) is 12.0. The normalized spacial score (nSPS) is 12.1. The molecule has 8 heteroatoms. The highest BCUT2D eigenvalue weighted by Crippen LogP contribution is 2.33. The number of rotatable bonds is 13. The van der Waals surface area contributed by atoms with E-state index in [2.05, 4.69) is 29.6 Å². The minimum atomic E-state index is -0.738. The van der Waals surface area contributed by atoms with Crippen molar-refractivity contribution >= 4 is 17.3 Å². The van der Waals surface area contributed by atoms with Gasteiger partial charge in [-0.05, 0) is 62.1 Å². The Morgan fingerprint density at radius 3 is 2.47 bits per heavy atom. The maximum absolute atomic E-state index is 12.4. The van der Waals surface area contributed by atoms with Crippen molar-refractivity contribution in [3.05, 3.63) is 89.5 Å². The highest BCUT2D eigenvalue weighted by Gasteiger charge is 2.19. The van der Waals surface area contributed by atoms with Crippen molar-refractivity contribution in [2.24, 2.45) is 5.11 Å². The van der Waals surface area contributed by atoms with Crippen LogP contribution in [0.5, 0.6) is 5.75 Å². The summed E-state index contributed by atoms with van der Waals surface area (Å²) in [5.41, 5.74) is 16.3. The number of β-amino-alcohol motifs (C(OH)–C–C–N with tert-alkyl or cyclic N) is 1. The molecule has 3 aromatic carbocycles. The van der Waals surface area contributed by atoms with Gasteiger partial charge in [-0.25, -0.2) is 5.53 Å². The lowest BCUT2D eigenvalue weighted by Crippen LogP contribution is -2.45. The summed E-state index contributed by atoms with van der Waals surface area (Å²) in [5.74, 6) is 0.283. The maximum atomic E-state index is 12.4. The van der Waals surface area contributed by atoms with Crippen molar-refractivity contribution in [2.75, 3.05) is 18.9 Å². The number of para-hydroxylation sites is 1. The molecule has 0 unspecified atom stereocenters. The Kier molecular flexibility index (Phi) is 9.55. The molecule has 8 nitrogen and oxygen atoms in total. The molecule has 0 aromatic heterocycles. The number of nitrogens with one attached hydrogen (secondary N) is 3. The lowest BCUT2D eigenvalue weighted by molar-refractivity contribution is 0.0951. The van der Waals surface area contributed by atoms with E-state index in [1.54, 1.807) is 18.2 Å². The van der Waals surface area contributed by atoms with Crippen LogP contribution in [0, 0.1) is 5.53 Å². The second-order valence-corrected chi connectivity index (χ2v) is 9.40. The summed E-state index contributed by atoms with van der Waals surface area (Å²) in [5, 5.41) is 20.1. The van der Waals surface area contributed by atoms with E-state index in [9.17, 15) is 9.90 Å². The molecule has 0 bridgehead atoms. The number of nitrogens with zero attached hydrogens (tertiary/aromatic N) is 1. The van der Waals surface area contributed by atoms with E-state index < -0.39 is 6.10 Å². The Hall–Kier alpha value is -3.75. The second-order valence-electron chi connectivity index (χ2n) is 9.40. The van der Waals surface area contributed by atoms with Crippen LogP contribution in [0.1, 0.15) is 41.8 Å². The zero-order valence-electron chi connectivity index (χ0n) is 20.8. The fourth-order valence-electron chi connectivity index (χ4n) is 3.66. The number of nitrogen functional groups attached to an aromatic ring is 1. The molecule has 36 heavy (non-hydrogen) atoms. The number of aliphatic hydroxyl groups is 1. The molecule has 0 fully saturated rings. The van der Waals surface area contributed by atoms with Gasteiger partial charge >= 0.3 is 0 Å². The summed E-state index contributed by atoms with van der Waals surface area (Å²) >= 11 is 0. The Labute approximate surface area is 212 Å². The van der Waals surface area contributed by atoms with Crippen LogP contribution in [0.2, 0.25) is 0 Å². The number of aliphatic hydroxyl groups excluding tert-OH is 1. The van der Waals surface area contributed by atoms with Crippen molar-refractivity contribution in [3.8, 4) is 5.75 Å². The maximum Gasteiger partial charge on any atom is 0.251 e. The van der Waals surface area contributed by atoms with E-state index in [0.29, 0.717) is 30.1 Å². The summed E-state index contributed by atoms with van der Waals surface area (Å²) in [6.07, 6.45) is 0.936. The van der Waals surface area contributed by atoms with Gasteiger partial charge in [-0.3, -0.25) is 4.79 Å². The van der Waals surface area contributed by atoms with E-state index in [1.165, 1.54) is 0 Å². The monoisotopic (exact) mass is 489 g/mol. The molecule has 3 rings (SSSR count). The van der Waals surface area contributed by atoms with Crippen LogP contribution < -0.4 is 21.1 Å². The van der Waals surface area contributed by atoms with Gasteiger partial charge in [0.25, 0.3) is 5.91 Å². The summed E-state index contributed by atoms with van der Waals surface area (Å²) in [4.78, 5) is 12.4. The first-order chi connectivity index (χ1) is 17.3. The van der Waals surface area contributed by atoms with Crippen molar-refractivity contribution in [1.29, 1.82) is 5.53 Å². The second kappa shape index (κ2) is 12.8. The number of anilines is 1. The van der Waals surface area contributed by atoms with Gasteiger partial charge in [-0.1, -0.05) is 48.5 Å². The average Bonchev–Trinajstić information content (AvgIpc) is 2.89. The lowest BCUT2D eigenvalue weighted by Gasteiger charge is -2.28.